The highest BCUT2D eigenvalue weighted by Crippen LogP contribution is 2.35. The van der Waals surface area contributed by atoms with Crippen molar-refractivity contribution in [3.05, 3.63) is 71.4 Å². The fourth-order valence-corrected chi connectivity index (χ4v) is 3.84. The number of hydrogen-bond donors (Lipinski definition) is 0. The van der Waals surface area contributed by atoms with Gasteiger partial charge < -0.3 is 14.4 Å². The molecule has 2 heterocycles. The van der Waals surface area contributed by atoms with Crippen molar-refractivity contribution in [1.82, 2.24) is 4.90 Å². The molecular formula is C25H26N2O5. The summed E-state index contributed by atoms with van der Waals surface area (Å²) in [7, 11) is 0. The standard InChI is InChI=1S/C25H26N2O5/c1-2-3-15-32-25(30)19-9-11-20(12-10-19)27-23(28)21(18-7-5-4-6-8-18)22(24(27)29)26-13-16-31-17-14-26/h4-12H,2-3,13-17H2,1H3. The lowest BCUT2D eigenvalue weighted by atomic mass is 10.0. The molecule has 2 amide bonds. The average molecular weight is 434 g/mol. The topological polar surface area (TPSA) is 76.2 Å². The molecule has 0 aliphatic carbocycles. The van der Waals surface area contributed by atoms with Crippen molar-refractivity contribution in [1.29, 1.82) is 0 Å². The normalized spacial score (nSPS) is 16.7. The van der Waals surface area contributed by atoms with E-state index in [0.29, 0.717) is 61.0 Å². The minimum atomic E-state index is -0.416. The predicted octanol–water partition coefficient (Wildman–Crippen LogP) is 3.26. The molecule has 0 unspecified atom stereocenters. The third-order valence-corrected chi connectivity index (χ3v) is 5.54. The van der Waals surface area contributed by atoms with Gasteiger partial charge in [0.25, 0.3) is 11.8 Å². The van der Waals surface area contributed by atoms with Crippen LogP contribution < -0.4 is 4.90 Å². The van der Waals surface area contributed by atoms with Crippen molar-refractivity contribution >= 4 is 29.0 Å². The van der Waals surface area contributed by atoms with Gasteiger partial charge in [-0.25, -0.2) is 9.69 Å². The lowest BCUT2D eigenvalue weighted by Gasteiger charge is -2.29. The van der Waals surface area contributed by atoms with Gasteiger partial charge in [0.1, 0.15) is 5.70 Å². The zero-order valence-corrected chi connectivity index (χ0v) is 18.1. The summed E-state index contributed by atoms with van der Waals surface area (Å²) in [5.74, 6) is -1.16. The zero-order valence-electron chi connectivity index (χ0n) is 18.1. The first-order valence-electron chi connectivity index (χ1n) is 10.9. The van der Waals surface area contributed by atoms with E-state index >= 15 is 0 Å². The Bertz CT molecular complexity index is 1020. The Kier molecular flexibility index (Phi) is 6.66. The van der Waals surface area contributed by atoms with Gasteiger partial charge >= 0.3 is 5.97 Å². The van der Waals surface area contributed by atoms with E-state index in [-0.39, 0.29) is 11.8 Å². The van der Waals surface area contributed by atoms with Crippen LogP contribution in [0.5, 0.6) is 0 Å². The highest BCUT2D eigenvalue weighted by molar-refractivity contribution is 6.45. The van der Waals surface area contributed by atoms with E-state index in [2.05, 4.69) is 0 Å². The summed E-state index contributed by atoms with van der Waals surface area (Å²) in [4.78, 5) is 42.2. The molecular weight excluding hydrogens is 408 g/mol. The summed E-state index contributed by atoms with van der Waals surface area (Å²) in [6.07, 6.45) is 1.74. The Morgan fingerprint density at radius 2 is 1.66 bits per heavy atom. The number of benzene rings is 2. The fraction of sp³-hybridized carbons (Fsp3) is 0.320. The van der Waals surface area contributed by atoms with Crippen molar-refractivity contribution < 1.29 is 23.9 Å². The first-order valence-corrected chi connectivity index (χ1v) is 10.9. The number of carbonyl (C=O) groups is 3. The van der Waals surface area contributed by atoms with Gasteiger partial charge in [-0.3, -0.25) is 9.59 Å². The quantitative estimate of drug-likeness (QED) is 0.378. The second-order valence-electron chi connectivity index (χ2n) is 7.67. The number of rotatable bonds is 7. The van der Waals surface area contributed by atoms with Crippen LogP contribution in [0, 0.1) is 0 Å². The summed E-state index contributed by atoms with van der Waals surface area (Å²) in [5, 5.41) is 0. The highest BCUT2D eigenvalue weighted by atomic mass is 16.5. The van der Waals surface area contributed by atoms with Crippen molar-refractivity contribution in [2.45, 2.75) is 19.8 Å². The number of carbonyl (C=O) groups excluding carboxylic acids is 3. The van der Waals surface area contributed by atoms with E-state index in [1.807, 2.05) is 42.2 Å². The summed E-state index contributed by atoms with van der Waals surface area (Å²) in [6, 6.07) is 15.6. The van der Waals surface area contributed by atoms with E-state index < -0.39 is 5.97 Å². The number of imide groups is 1. The Labute approximate surface area is 187 Å². The van der Waals surface area contributed by atoms with Crippen LogP contribution >= 0.6 is 0 Å². The molecule has 1 saturated heterocycles. The van der Waals surface area contributed by atoms with Crippen LogP contribution in [-0.2, 0) is 19.1 Å². The number of esters is 1. The number of morpholine rings is 1. The zero-order chi connectivity index (χ0) is 22.5. The van der Waals surface area contributed by atoms with E-state index in [1.54, 1.807) is 24.3 Å². The van der Waals surface area contributed by atoms with Gasteiger partial charge in [0, 0.05) is 13.1 Å². The number of anilines is 1. The summed E-state index contributed by atoms with van der Waals surface area (Å²) >= 11 is 0. The van der Waals surface area contributed by atoms with Gasteiger partial charge in [-0.15, -0.1) is 0 Å². The Morgan fingerprint density at radius 1 is 0.969 bits per heavy atom. The van der Waals surface area contributed by atoms with Crippen LogP contribution in [0.4, 0.5) is 5.69 Å². The van der Waals surface area contributed by atoms with E-state index in [1.165, 1.54) is 4.90 Å². The second-order valence-corrected chi connectivity index (χ2v) is 7.67. The molecule has 166 valence electrons. The molecule has 32 heavy (non-hydrogen) atoms. The van der Waals surface area contributed by atoms with Gasteiger partial charge in [-0.2, -0.15) is 0 Å². The molecule has 0 atom stereocenters. The second kappa shape index (κ2) is 9.78. The number of hydrogen-bond acceptors (Lipinski definition) is 6. The van der Waals surface area contributed by atoms with E-state index in [4.69, 9.17) is 9.47 Å². The van der Waals surface area contributed by atoms with Gasteiger partial charge in [0.15, 0.2) is 0 Å². The van der Waals surface area contributed by atoms with Crippen LogP contribution in [0.2, 0.25) is 0 Å². The Morgan fingerprint density at radius 3 is 2.31 bits per heavy atom. The van der Waals surface area contributed by atoms with Crippen molar-refractivity contribution in [2.24, 2.45) is 0 Å². The number of ether oxygens (including phenoxy) is 2. The lowest BCUT2D eigenvalue weighted by Crippen LogP contribution is -2.40. The minimum absolute atomic E-state index is 0.367. The number of nitrogens with zero attached hydrogens (tertiary/aromatic N) is 2. The van der Waals surface area contributed by atoms with Crippen molar-refractivity contribution in [3.63, 3.8) is 0 Å². The molecule has 7 nitrogen and oxygen atoms in total. The molecule has 2 aliphatic heterocycles. The molecule has 0 bridgehead atoms. The summed E-state index contributed by atoms with van der Waals surface area (Å²) < 4.78 is 10.7. The molecule has 2 aromatic carbocycles. The third-order valence-electron chi connectivity index (χ3n) is 5.54. The summed E-state index contributed by atoms with van der Waals surface area (Å²) in [5.41, 5.74) is 2.29. The monoisotopic (exact) mass is 434 g/mol. The van der Waals surface area contributed by atoms with Crippen LogP contribution in [-0.4, -0.2) is 55.6 Å². The van der Waals surface area contributed by atoms with Gasteiger partial charge in [-0.05, 0) is 36.2 Å². The van der Waals surface area contributed by atoms with Gasteiger partial charge in [0.2, 0.25) is 0 Å². The van der Waals surface area contributed by atoms with Crippen molar-refractivity contribution in [2.75, 3.05) is 37.8 Å². The molecule has 0 radical (unpaired) electrons. The molecule has 0 aromatic heterocycles. The largest absolute Gasteiger partial charge is 0.462 e. The van der Waals surface area contributed by atoms with Crippen LogP contribution in [0.25, 0.3) is 5.57 Å². The smallest absolute Gasteiger partial charge is 0.338 e. The highest BCUT2D eigenvalue weighted by Gasteiger charge is 2.42. The molecule has 0 spiro atoms. The molecule has 2 aliphatic rings. The SMILES string of the molecule is CCCCOC(=O)c1ccc(N2C(=O)C(c3ccccc3)=C(N3CCOCC3)C2=O)cc1. The van der Waals surface area contributed by atoms with Crippen LogP contribution in [0.1, 0.15) is 35.7 Å². The van der Waals surface area contributed by atoms with E-state index in [0.717, 1.165) is 12.8 Å². The maximum atomic E-state index is 13.5. The fourth-order valence-electron chi connectivity index (χ4n) is 3.84. The summed E-state index contributed by atoms with van der Waals surface area (Å²) in [6.45, 7) is 4.48. The number of unbranched alkanes of at least 4 members (excludes halogenated alkanes) is 1. The lowest BCUT2D eigenvalue weighted by molar-refractivity contribution is -0.121. The third kappa shape index (κ3) is 4.29. The van der Waals surface area contributed by atoms with Crippen LogP contribution in [0.15, 0.2) is 60.3 Å². The average Bonchev–Trinajstić information content (AvgIpc) is 3.10. The van der Waals surface area contributed by atoms with Crippen molar-refractivity contribution in [3.8, 4) is 0 Å². The predicted molar refractivity (Wildman–Crippen MR) is 120 cm³/mol. The Balaban J connectivity index is 1.63. The molecule has 0 saturated carbocycles. The maximum absolute atomic E-state index is 13.5. The maximum Gasteiger partial charge on any atom is 0.338 e. The first-order chi connectivity index (χ1) is 15.6. The van der Waals surface area contributed by atoms with E-state index in [9.17, 15) is 14.4 Å². The van der Waals surface area contributed by atoms with Gasteiger partial charge in [0.05, 0.1) is 36.6 Å². The first kappa shape index (κ1) is 21.8. The van der Waals surface area contributed by atoms with Gasteiger partial charge in [-0.1, -0.05) is 43.7 Å². The number of amides is 2. The van der Waals surface area contributed by atoms with Crippen LogP contribution in [0.3, 0.4) is 0 Å². The molecule has 7 heteroatoms. The minimum Gasteiger partial charge on any atom is -0.462 e. The molecule has 4 rings (SSSR count). The molecule has 2 aromatic rings. The molecule has 0 N–H and O–H groups in total. The Hall–Kier alpha value is -3.45. The molecule has 1 fully saturated rings.